The van der Waals surface area contributed by atoms with Gasteiger partial charge in [-0.2, -0.15) is 10.2 Å². The molecular formula is C8H7BN4. The highest BCUT2D eigenvalue weighted by Crippen LogP contribution is 2.29. The molecule has 0 aliphatic carbocycles. The van der Waals surface area contributed by atoms with Crippen molar-refractivity contribution in [1.82, 2.24) is 15.0 Å². The highest BCUT2D eigenvalue weighted by atomic mass is 15.2. The maximum Gasteiger partial charge on any atom is 0.236 e. The van der Waals surface area contributed by atoms with Gasteiger partial charge in [0, 0.05) is 11.3 Å². The van der Waals surface area contributed by atoms with Gasteiger partial charge in [0.1, 0.15) is 0 Å². The highest BCUT2D eigenvalue weighted by molar-refractivity contribution is 6.22. The van der Waals surface area contributed by atoms with Crippen LogP contribution in [0, 0.1) is 0 Å². The molecule has 0 bridgehead atoms. The molecule has 0 spiro atoms. The Hall–Kier alpha value is -1.65. The fourth-order valence-electron chi connectivity index (χ4n) is 1.18. The molecule has 0 saturated carbocycles. The second kappa shape index (κ2) is 2.69. The van der Waals surface area contributed by atoms with Crippen LogP contribution in [0.15, 0.2) is 24.0 Å². The van der Waals surface area contributed by atoms with Crippen molar-refractivity contribution in [1.29, 1.82) is 0 Å². The van der Waals surface area contributed by atoms with Crippen molar-refractivity contribution < 1.29 is 0 Å². The van der Waals surface area contributed by atoms with E-state index in [9.17, 15) is 0 Å². The van der Waals surface area contributed by atoms with Gasteiger partial charge >= 0.3 is 0 Å². The standard InChI is InChI=1S/C8H7BN4/c1-5-7-3-10-11-4-8(7)12-6(2)13(5)9/h3-4H,1H2,2H3. The van der Waals surface area contributed by atoms with Crippen LogP contribution in [-0.4, -0.2) is 28.8 Å². The Balaban J connectivity index is 2.63. The predicted molar refractivity (Wildman–Crippen MR) is 51.4 cm³/mol. The number of hydrogen-bond acceptors (Lipinski definition) is 4. The van der Waals surface area contributed by atoms with E-state index in [4.69, 9.17) is 7.98 Å². The number of fused-ring (bicyclic) bond motifs is 1. The summed E-state index contributed by atoms with van der Waals surface area (Å²) in [5, 5.41) is 7.48. The SMILES string of the molecule is [B]N1C(=C)c2cnncc2N=C1C. The van der Waals surface area contributed by atoms with Crippen LogP contribution in [-0.2, 0) is 0 Å². The van der Waals surface area contributed by atoms with E-state index >= 15 is 0 Å². The van der Waals surface area contributed by atoms with Gasteiger partial charge in [-0.05, 0) is 6.92 Å². The number of hydrogen-bond donors (Lipinski definition) is 0. The first-order valence-electron chi connectivity index (χ1n) is 3.80. The first kappa shape index (κ1) is 7.98. The molecule has 62 valence electrons. The molecule has 0 unspecified atom stereocenters. The first-order chi connectivity index (χ1) is 6.20. The van der Waals surface area contributed by atoms with Crippen molar-refractivity contribution in [2.45, 2.75) is 6.92 Å². The van der Waals surface area contributed by atoms with Crippen molar-refractivity contribution in [3.8, 4) is 0 Å². The van der Waals surface area contributed by atoms with Crippen LogP contribution in [0.4, 0.5) is 5.69 Å². The van der Waals surface area contributed by atoms with E-state index in [1.807, 2.05) is 6.92 Å². The monoisotopic (exact) mass is 170 g/mol. The Labute approximate surface area is 77.4 Å². The van der Waals surface area contributed by atoms with Gasteiger partial charge in [-0.1, -0.05) is 6.58 Å². The Morgan fingerprint density at radius 1 is 1.38 bits per heavy atom. The van der Waals surface area contributed by atoms with Crippen LogP contribution in [0.25, 0.3) is 5.70 Å². The zero-order chi connectivity index (χ0) is 9.42. The highest BCUT2D eigenvalue weighted by Gasteiger charge is 2.16. The third kappa shape index (κ3) is 1.12. The van der Waals surface area contributed by atoms with E-state index < -0.39 is 0 Å². The lowest BCUT2D eigenvalue weighted by atomic mass is 10.1. The van der Waals surface area contributed by atoms with Crippen LogP contribution in [0.1, 0.15) is 12.5 Å². The summed E-state index contributed by atoms with van der Waals surface area (Å²) < 4.78 is 0. The largest absolute Gasteiger partial charge is 0.387 e. The molecule has 1 aromatic rings. The number of aliphatic imine (C=N–C) groups is 1. The number of nitrogens with zero attached hydrogens (tertiary/aromatic N) is 4. The van der Waals surface area contributed by atoms with Crippen molar-refractivity contribution in [2.75, 3.05) is 0 Å². The molecule has 0 aromatic carbocycles. The van der Waals surface area contributed by atoms with Gasteiger partial charge < -0.3 is 4.81 Å². The van der Waals surface area contributed by atoms with E-state index in [-0.39, 0.29) is 0 Å². The molecule has 13 heavy (non-hydrogen) atoms. The molecule has 4 nitrogen and oxygen atoms in total. The summed E-state index contributed by atoms with van der Waals surface area (Å²) >= 11 is 0. The topological polar surface area (TPSA) is 41.4 Å². The Morgan fingerprint density at radius 2 is 2.08 bits per heavy atom. The van der Waals surface area contributed by atoms with Gasteiger partial charge in [0.2, 0.25) is 7.98 Å². The quantitative estimate of drug-likeness (QED) is 0.543. The van der Waals surface area contributed by atoms with Gasteiger partial charge in [0.05, 0.1) is 23.9 Å². The van der Waals surface area contributed by atoms with Gasteiger partial charge in [-0.15, -0.1) is 0 Å². The molecule has 1 aliphatic rings. The van der Waals surface area contributed by atoms with Gasteiger partial charge in [0.25, 0.3) is 0 Å². The fraction of sp³-hybridized carbons (Fsp3) is 0.125. The number of amidine groups is 1. The molecule has 0 atom stereocenters. The van der Waals surface area contributed by atoms with Crippen LogP contribution < -0.4 is 0 Å². The maximum atomic E-state index is 5.69. The van der Waals surface area contributed by atoms with Gasteiger partial charge in [-0.3, -0.25) is 0 Å². The van der Waals surface area contributed by atoms with Gasteiger partial charge in [-0.25, -0.2) is 4.99 Å². The zero-order valence-electron chi connectivity index (χ0n) is 7.23. The molecular weight excluding hydrogens is 163 g/mol. The van der Waals surface area contributed by atoms with Gasteiger partial charge in [0.15, 0.2) is 0 Å². The second-order valence-electron chi connectivity index (χ2n) is 2.76. The molecule has 2 rings (SSSR count). The predicted octanol–water partition coefficient (Wildman–Crippen LogP) is 0.896. The average Bonchev–Trinajstić information content (AvgIpc) is 2.15. The molecule has 0 saturated heterocycles. The maximum absolute atomic E-state index is 5.69. The average molecular weight is 170 g/mol. The summed E-state index contributed by atoms with van der Waals surface area (Å²) in [7, 11) is 5.69. The smallest absolute Gasteiger partial charge is 0.236 e. The summed E-state index contributed by atoms with van der Waals surface area (Å²) in [6, 6.07) is 0. The van der Waals surface area contributed by atoms with Crippen LogP contribution >= 0.6 is 0 Å². The molecule has 2 heterocycles. The molecule has 5 heteroatoms. The van der Waals surface area contributed by atoms with Crippen LogP contribution in [0.2, 0.25) is 0 Å². The second-order valence-corrected chi connectivity index (χ2v) is 2.76. The molecule has 0 fully saturated rings. The summed E-state index contributed by atoms with van der Waals surface area (Å²) in [5.41, 5.74) is 2.28. The third-order valence-electron chi connectivity index (χ3n) is 1.94. The number of rotatable bonds is 0. The van der Waals surface area contributed by atoms with Crippen LogP contribution in [0.3, 0.4) is 0 Å². The minimum Gasteiger partial charge on any atom is -0.387 e. The van der Waals surface area contributed by atoms with Crippen molar-refractivity contribution in [3.05, 3.63) is 24.5 Å². The zero-order valence-corrected chi connectivity index (χ0v) is 7.23. The first-order valence-corrected chi connectivity index (χ1v) is 3.80. The van der Waals surface area contributed by atoms with E-state index in [1.165, 1.54) is 4.81 Å². The third-order valence-corrected chi connectivity index (χ3v) is 1.94. The molecule has 1 aliphatic heterocycles. The van der Waals surface area contributed by atoms with E-state index in [0.29, 0.717) is 11.5 Å². The lowest BCUT2D eigenvalue weighted by Crippen LogP contribution is -2.26. The normalized spacial score (nSPS) is 15.3. The lowest BCUT2D eigenvalue weighted by molar-refractivity contribution is 0.893. The van der Waals surface area contributed by atoms with Crippen molar-refractivity contribution in [2.24, 2.45) is 4.99 Å². The number of aromatic nitrogens is 2. The lowest BCUT2D eigenvalue weighted by Gasteiger charge is -2.26. The minimum absolute atomic E-state index is 0.692. The van der Waals surface area contributed by atoms with Crippen molar-refractivity contribution in [3.63, 3.8) is 0 Å². The van der Waals surface area contributed by atoms with E-state index in [1.54, 1.807) is 12.4 Å². The summed E-state index contributed by atoms with van der Waals surface area (Å²) in [6.45, 7) is 5.65. The minimum atomic E-state index is 0.692. The van der Waals surface area contributed by atoms with E-state index in [2.05, 4.69) is 21.8 Å². The van der Waals surface area contributed by atoms with E-state index in [0.717, 1.165) is 11.3 Å². The Kier molecular flexibility index (Phi) is 1.65. The van der Waals surface area contributed by atoms with Crippen LogP contribution in [0.5, 0.6) is 0 Å². The summed E-state index contributed by atoms with van der Waals surface area (Å²) in [5.74, 6) is 0.700. The molecule has 0 N–H and O–H groups in total. The Morgan fingerprint density at radius 3 is 2.85 bits per heavy atom. The Bertz CT molecular complexity index is 399. The molecule has 0 amide bonds. The summed E-state index contributed by atoms with van der Waals surface area (Å²) in [4.78, 5) is 5.67. The molecule has 1 aromatic heterocycles. The summed E-state index contributed by atoms with van der Waals surface area (Å²) in [6.07, 6.45) is 3.20. The fourth-order valence-corrected chi connectivity index (χ4v) is 1.18. The van der Waals surface area contributed by atoms with Crippen molar-refractivity contribution >= 4 is 25.2 Å². The molecule has 2 radical (unpaired) electrons.